The van der Waals surface area contributed by atoms with Crippen LogP contribution < -0.4 is 5.73 Å². The summed E-state index contributed by atoms with van der Waals surface area (Å²) in [6.45, 7) is 2.15. The van der Waals surface area contributed by atoms with Crippen molar-refractivity contribution in [3.63, 3.8) is 0 Å². The van der Waals surface area contributed by atoms with Gasteiger partial charge in [-0.05, 0) is 31.9 Å². The maximum Gasteiger partial charge on any atom is 0.177 e. The third kappa shape index (κ3) is 2.95. The molecule has 5 heterocycles. The Kier molecular flexibility index (Phi) is 4.31. The van der Waals surface area contributed by atoms with Crippen LogP contribution in [0.2, 0.25) is 0 Å². The van der Waals surface area contributed by atoms with Crippen LogP contribution in [0.1, 0.15) is 43.8 Å². The zero-order valence-corrected chi connectivity index (χ0v) is 18.2. The molecule has 1 aliphatic rings. The summed E-state index contributed by atoms with van der Waals surface area (Å²) < 4.78 is 9.59. The minimum Gasteiger partial charge on any atom is -0.452 e. The number of nitrogens with zero attached hydrogens (tertiary/aromatic N) is 4. The third-order valence-electron chi connectivity index (χ3n) is 6.49. The molecule has 6 rings (SSSR count). The number of rotatable bonds is 3. The van der Waals surface area contributed by atoms with Gasteiger partial charge in [-0.3, -0.25) is 9.67 Å². The topological polar surface area (TPSA) is 82.8 Å². The maximum atomic E-state index is 6.25. The Labute approximate surface area is 183 Å². The summed E-state index contributed by atoms with van der Waals surface area (Å²) in [5.41, 5.74) is 11.2. The van der Waals surface area contributed by atoms with Crippen LogP contribution in [0.25, 0.3) is 43.5 Å². The number of thiophene rings is 1. The standard InChI is InChI=1S/C24H23N5OS/c1-14-18(11-28-29(14)15-5-3-2-4-6-15)19-10-27-24(25)23-17(19)9-21(30-23)20-13-31-22-12-26-8-7-16(20)22/h7-13,15H,2-6H2,1H3,(H2,25,27). The van der Waals surface area contributed by atoms with Crippen molar-refractivity contribution in [3.05, 3.63) is 48.0 Å². The van der Waals surface area contributed by atoms with E-state index in [2.05, 4.69) is 33.0 Å². The second-order valence-electron chi connectivity index (χ2n) is 8.31. The van der Waals surface area contributed by atoms with Crippen molar-refractivity contribution in [1.29, 1.82) is 0 Å². The number of fused-ring (bicyclic) bond motifs is 2. The highest BCUT2D eigenvalue weighted by atomic mass is 32.1. The third-order valence-corrected chi connectivity index (χ3v) is 7.42. The van der Waals surface area contributed by atoms with Gasteiger partial charge in [-0.2, -0.15) is 5.10 Å². The molecular formula is C24H23N5OS. The number of anilines is 1. The highest BCUT2D eigenvalue weighted by molar-refractivity contribution is 7.17. The van der Waals surface area contributed by atoms with Gasteiger partial charge in [0.15, 0.2) is 11.4 Å². The Bertz CT molecular complexity index is 1410. The van der Waals surface area contributed by atoms with Crippen LogP contribution in [-0.4, -0.2) is 19.7 Å². The highest BCUT2D eigenvalue weighted by Gasteiger charge is 2.22. The van der Waals surface area contributed by atoms with E-state index in [9.17, 15) is 0 Å². The van der Waals surface area contributed by atoms with Gasteiger partial charge in [0.1, 0.15) is 5.76 Å². The van der Waals surface area contributed by atoms with Gasteiger partial charge in [0.2, 0.25) is 0 Å². The number of nitrogen functional groups attached to an aromatic ring is 1. The van der Waals surface area contributed by atoms with Gasteiger partial charge < -0.3 is 10.2 Å². The van der Waals surface area contributed by atoms with E-state index in [0.29, 0.717) is 17.4 Å². The maximum absolute atomic E-state index is 6.25. The molecule has 0 aliphatic heterocycles. The van der Waals surface area contributed by atoms with E-state index in [1.54, 1.807) is 11.3 Å². The van der Waals surface area contributed by atoms with Crippen LogP contribution in [0, 0.1) is 6.92 Å². The first kappa shape index (κ1) is 18.6. The van der Waals surface area contributed by atoms with Gasteiger partial charge in [0, 0.05) is 57.1 Å². The lowest BCUT2D eigenvalue weighted by molar-refractivity contribution is 0.325. The number of hydrogen-bond acceptors (Lipinski definition) is 6. The van der Waals surface area contributed by atoms with Crippen LogP contribution in [-0.2, 0) is 0 Å². The molecule has 1 saturated carbocycles. The molecule has 31 heavy (non-hydrogen) atoms. The molecule has 6 nitrogen and oxygen atoms in total. The Hall–Kier alpha value is -3.19. The van der Waals surface area contributed by atoms with Gasteiger partial charge in [-0.25, -0.2) is 4.98 Å². The molecule has 0 radical (unpaired) electrons. The van der Waals surface area contributed by atoms with E-state index < -0.39 is 0 Å². The molecule has 0 amide bonds. The van der Waals surface area contributed by atoms with Gasteiger partial charge in [0.25, 0.3) is 0 Å². The number of hydrogen-bond donors (Lipinski definition) is 1. The lowest BCUT2D eigenvalue weighted by Crippen LogP contribution is -2.15. The van der Waals surface area contributed by atoms with Crippen molar-refractivity contribution in [2.75, 3.05) is 5.73 Å². The van der Waals surface area contributed by atoms with Crippen molar-refractivity contribution in [1.82, 2.24) is 19.7 Å². The smallest absolute Gasteiger partial charge is 0.177 e. The van der Waals surface area contributed by atoms with Gasteiger partial charge in [-0.15, -0.1) is 11.3 Å². The molecule has 0 spiro atoms. The van der Waals surface area contributed by atoms with Gasteiger partial charge in [-0.1, -0.05) is 19.3 Å². The summed E-state index contributed by atoms with van der Waals surface area (Å²) in [6, 6.07) is 4.60. The average molecular weight is 430 g/mol. The molecule has 5 aromatic rings. The zero-order chi connectivity index (χ0) is 20.9. The summed E-state index contributed by atoms with van der Waals surface area (Å²) in [4.78, 5) is 8.66. The fraction of sp³-hybridized carbons (Fsp3) is 0.292. The Balaban J connectivity index is 1.49. The molecule has 0 bridgehead atoms. The summed E-state index contributed by atoms with van der Waals surface area (Å²) in [5, 5.41) is 8.98. The summed E-state index contributed by atoms with van der Waals surface area (Å²) in [6.07, 6.45) is 13.8. The molecule has 2 N–H and O–H groups in total. The van der Waals surface area contributed by atoms with Crippen molar-refractivity contribution >= 4 is 38.2 Å². The molecule has 0 unspecified atom stereocenters. The minimum absolute atomic E-state index is 0.406. The number of pyridine rings is 2. The van der Waals surface area contributed by atoms with E-state index >= 15 is 0 Å². The normalized spacial score (nSPS) is 15.3. The molecule has 0 aromatic carbocycles. The molecule has 7 heteroatoms. The lowest BCUT2D eigenvalue weighted by atomic mass is 9.95. The molecule has 5 aromatic heterocycles. The van der Waals surface area contributed by atoms with Crippen molar-refractivity contribution in [2.45, 2.75) is 45.1 Å². The average Bonchev–Trinajstić information content (AvgIpc) is 3.52. The number of nitrogens with two attached hydrogens (primary N) is 1. The fourth-order valence-electron chi connectivity index (χ4n) is 4.85. The van der Waals surface area contributed by atoms with E-state index in [1.165, 1.54) is 37.8 Å². The molecule has 156 valence electrons. The second-order valence-corrected chi connectivity index (χ2v) is 9.22. The van der Waals surface area contributed by atoms with Crippen molar-refractivity contribution in [2.24, 2.45) is 0 Å². The summed E-state index contributed by atoms with van der Waals surface area (Å²) in [7, 11) is 0. The SMILES string of the molecule is Cc1c(-c2cnc(N)c3oc(-c4csc5cnccc45)cc23)cnn1C1CCCCC1. The van der Waals surface area contributed by atoms with Crippen LogP contribution in [0.3, 0.4) is 0 Å². The van der Waals surface area contributed by atoms with Crippen LogP contribution >= 0.6 is 11.3 Å². The Morgan fingerprint density at radius 1 is 1.06 bits per heavy atom. The highest BCUT2D eigenvalue weighted by Crippen LogP contribution is 2.41. The molecule has 1 fully saturated rings. The van der Waals surface area contributed by atoms with Crippen molar-refractivity contribution in [3.8, 4) is 22.5 Å². The Morgan fingerprint density at radius 2 is 1.94 bits per heavy atom. The lowest BCUT2D eigenvalue weighted by Gasteiger charge is -2.23. The monoisotopic (exact) mass is 429 g/mol. The van der Waals surface area contributed by atoms with E-state index in [0.717, 1.165) is 37.9 Å². The molecule has 0 atom stereocenters. The van der Waals surface area contributed by atoms with E-state index in [-0.39, 0.29) is 0 Å². The Morgan fingerprint density at radius 3 is 2.81 bits per heavy atom. The number of aromatic nitrogens is 4. The van der Waals surface area contributed by atoms with Crippen molar-refractivity contribution < 1.29 is 4.42 Å². The number of furan rings is 1. The first-order valence-electron chi connectivity index (χ1n) is 10.7. The summed E-state index contributed by atoms with van der Waals surface area (Å²) in [5.74, 6) is 1.20. The van der Waals surface area contributed by atoms with E-state index in [1.807, 2.05) is 30.9 Å². The predicted molar refractivity (Wildman–Crippen MR) is 125 cm³/mol. The van der Waals surface area contributed by atoms with Crippen LogP contribution in [0.15, 0.2) is 46.7 Å². The van der Waals surface area contributed by atoms with Crippen LogP contribution in [0.5, 0.6) is 0 Å². The van der Waals surface area contributed by atoms with Crippen LogP contribution in [0.4, 0.5) is 5.82 Å². The summed E-state index contributed by atoms with van der Waals surface area (Å²) >= 11 is 1.66. The molecular weight excluding hydrogens is 406 g/mol. The quantitative estimate of drug-likeness (QED) is 0.361. The predicted octanol–water partition coefficient (Wildman–Crippen LogP) is 6.36. The zero-order valence-electron chi connectivity index (χ0n) is 17.3. The second kappa shape index (κ2) is 7.20. The molecule has 1 aliphatic carbocycles. The molecule has 0 saturated heterocycles. The van der Waals surface area contributed by atoms with Gasteiger partial charge >= 0.3 is 0 Å². The minimum atomic E-state index is 0.406. The fourth-order valence-corrected chi connectivity index (χ4v) is 5.76. The van der Waals surface area contributed by atoms with E-state index in [4.69, 9.17) is 15.2 Å². The first-order valence-corrected chi connectivity index (χ1v) is 11.6. The van der Waals surface area contributed by atoms with Gasteiger partial charge in [0.05, 0.1) is 16.9 Å². The first-order chi connectivity index (χ1) is 15.2. The largest absolute Gasteiger partial charge is 0.452 e.